The maximum absolute atomic E-state index is 5.54. The van der Waals surface area contributed by atoms with Crippen molar-refractivity contribution in [1.29, 1.82) is 0 Å². The van der Waals surface area contributed by atoms with Gasteiger partial charge in [-0.2, -0.15) is 0 Å². The third kappa shape index (κ3) is 2.10. The van der Waals surface area contributed by atoms with Gasteiger partial charge in [0, 0.05) is 11.8 Å². The topological polar surface area (TPSA) is 18.5 Å². The van der Waals surface area contributed by atoms with Gasteiger partial charge < -0.3 is 9.47 Å². The molecule has 2 fully saturated rings. The van der Waals surface area contributed by atoms with E-state index < -0.39 is 0 Å². The van der Waals surface area contributed by atoms with Crippen LogP contribution in [-0.4, -0.2) is 19.0 Å². The minimum Gasteiger partial charge on any atom is -0.348 e. The Morgan fingerprint density at radius 1 is 1.21 bits per heavy atom. The highest BCUT2D eigenvalue weighted by atomic mass is 16.7. The van der Waals surface area contributed by atoms with Gasteiger partial charge in [0.2, 0.25) is 0 Å². The lowest BCUT2D eigenvalue weighted by molar-refractivity contribution is -0.147. The molecule has 0 spiro atoms. The van der Waals surface area contributed by atoms with E-state index in [1.54, 1.807) is 0 Å². The molecule has 0 bridgehead atoms. The van der Waals surface area contributed by atoms with Crippen molar-refractivity contribution in [3.63, 3.8) is 0 Å². The van der Waals surface area contributed by atoms with Gasteiger partial charge in [-0.05, 0) is 32.6 Å². The van der Waals surface area contributed by atoms with Crippen molar-refractivity contribution in [2.45, 2.75) is 44.8 Å². The first-order chi connectivity index (χ1) is 6.68. The molecular weight excluding hydrogens is 176 g/mol. The number of ether oxygens (including phenoxy) is 2. The first-order valence-corrected chi connectivity index (χ1v) is 5.44. The molecule has 1 saturated heterocycles. The molecule has 0 amide bonds. The largest absolute Gasteiger partial charge is 0.348 e. The molecule has 2 rings (SSSR count). The molecule has 0 N–H and O–H groups in total. The van der Waals surface area contributed by atoms with Gasteiger partial charge in [0.15, 0.2) is 5.79 Å². The fraction of sp³-hybridized carbons (Fsp3) is 0.833. The van der Waals surface area contributed by atoms with Crippen LogP contribution in [0.3, 0.4) is 0 Å². The van der Waals surface area contributed by atoms with Crippen LogP contribution >= 0.6 is 0 Å². The summed E-state index contributed by atoms with van der Waals surface area (Å²) >= 11 is 0. The normalized spacial score (nSPS) is 27.1. The Balaban J connectivity index is 1.70. The summed E-state index contributed by atoms with van der Waals surface area (Å²) in [5, 5.41) is 0. The van der Waals surface area contributed by atoms with E-state index in [4.69, 9.17) is 15.9 Å². The van der Waals surface area contributed by atoms with Crippen LogP contribution in [-0.2, 0) is 9.47 Å². The standard InChI is InChI=1S/C12H18O2/c1-3-12(7-8-12)6-4-5-11(2)13-9-10-14-11/h1H,4-10H2,2H3. The van der Waals surface area contributed by atoms with Crippen LogP contribution in [0, 0.1) is 17.8 Å². The van der Waals surface area contributed by atoms with Crippen molar-refractivity contribution in [2.75, 3.05) is 13.2 Å². The molecule has 2 aliphatic rings. The summed E-state index contributed by atoms with van der Waals surface area (Å²) in [5.74, 6) is 2.58. The van der Waals surface area contributed by atoms with Crippen LogP contribution < -0.4 is 0 Å². The van der Waals surface area contributed by atoms with E-state index in [0.717, 1.165) is 32.5 Å². The molecule has 0 atom stereocenters. The Labute approximate surface area is 86.0 Å². The van der Waals surface area contributed by atoms with E-state index in [9.17, 15) is 0 Å². The van der Waals surface area contributed by atoms with E-state index >= 15 is 0 Å². The zero-order valence-electron chi connectivity index (χ0n) is 8.84. The summed E-state index contributed by atoms with van der Waals surface area (Å²) in [4.78, 5) is 0. The lowest BCUT2D eigenvalue weighted by Gasteiger charge is -2.22. The van der Waals surface area contributed by atoms with Gasteiger partial charge in [-0.25, -0.2) is 0 Å². The average Bonchev–Trinajstić information content (AvgIpc) is 2.83. The van der Waals surface area contributed by atoms with Crippen LogP contribution in [0.2, 0.25) is 0 Å². The summed E-state index contributed by atoms with van der Waals surface area (Å²) in [6.07, 6.45) is 11.1. The fourth-order valence-electron chi connectivity index (χ4n) is 2.07. The highest BCUT2D eigenvalue weighted by Gasteiger charge is 2.41. The monoisotopic (exact) mass is 194 g/mol. The van der Waals surface area contributed by atoms with Crippen LogP contribution in [0.25, 0.3) is 0 Å². The Hall–Kier alpha value is -0.520. The summed E-state index contributed by atoms with van der Waals surface area (Å²) in [7, 11) is 0. The van der Waals surface area contributed by atoms with Crippen molar-refractivity contribution in [1.82, 2.24) is 0 Å². The summed E-state index contributed by atoms with van der Waals surface area (Å²) in [6, 6.07) is 0. The molecule has 1 heterocycles. The molecule has 78 valence electrons. The average molecular weight is 194 g/mol. The zero-order chi connectivity index (χ0) is 10.1. The molecule has 14 heavy (non-hydrogen) atoms. The number of hydrogen-bond donors (Lipinski definition) is 0. The van der Waals surface area contributed by atoms with E-state index in [2.05, 4.69) is 5.92 Å². The second-order valence-corrected chi connectivity index (χ2v) is 4.61. The molecule has 1 saturated carbocycles. The third-order valence-electron chi connectivity index (χ3n) is 3.34. The third-order valence-corrected chi connectivity index (χ3v) is 3.34. The van der Waals surface area contributed by atoms with Crippen molar-refractivity contribution in [3.05, 3.63) is 0 Å². The summed E-state index contributed by atoms with van der Waals surface area (Å²) in [6.45, 7) is 3.49. The molecule has 0 aromatic heterocycles. The predicted octanol–water partition coefficient (Wildman–Crippen LogP) is 2.33. The zero-order valence-corrected chi connectivity index (χ0v) is 8.84. The van der Waals surface area contributed by atoms with Gasteiger partial charge in [-0.15, -0.1) is 6.42 Å². The fourth-order valence-corrected chi connectivity index (χ4v) is 2.07. The lowest BCUT2D eigenvalue weighted by atomic mass is 9.98. The summed E-state index contributed by atoms with van der Waals surface area (Å²) < 4.78 is 11.1. The van der Waals surface area contributed by atoms with Gasteiger partial charge >= 0.3 is 0 Å². The molecule has 2 nitrogen and oxygen atoms in total. The quantitative estimate of drug-likeness (QED) is 0.639. The molecule has 0 aromatic carbocycles. The highest BCUT2D eigenvalue weighted by Crippen LogP contribution is 2.49. The Bertz CT molecular complexity index is 242. The lowest BCUT2D eigenvalue weighted by Crippen LogP contribution is -2.25. The molecule has 0 radical (unpaired) electrons. The van der Waals surface area contributed by atoms with Gasteiger partial charge in [0.1, 0.15) is 0 Å². The van der Waals surface area contributed by atoms with E-state index in [-0.39, 0.29) is 11.2 Å². The van der Waals surface area contributed by atoms with E-state index in [1.165, 1.54) is 12.8 Å². The number of rotatable bonds is 4. The van der Waals surface area contributed by atoms with Gasteiger partial charge in [0.25, 0.3) is 0 Å². The van der Waals surface area contributed by atoms with Crippen LogP contribution in [0.5, 0.6) is 0 Å². The second-order valence-electron chi connectivity index (χ2n) is 4.61. The smallest absolute Gasteiger partial charge is 0.165 e. The van der Waals surface area contributed by atoms with Crippen molar-refractivity contribution in [2.24, 2.45) is 5.41 Å². The molecular formula is C12H18O2. The maximum atomic E-state index is 5.54. The molecule has 0 aromatic rings. The molecule has 1 aliphatic carbocycles. The Morgan fingerprint density at radius 2 is 1.86 bits per heavy atom. The van der Waals surface area contributed by atoms with Crippen LogP contribution in [0.15, 0.2) is 0 Å². The van der Waals surface area contributed by atoms with Crippen molar-refractivity contribution < 1.29 is 9.47 Å². The second kappa shape index (κ2) is 3.56. The SMILES string of the molecule is C#CC1(CCCC2(C)OCCO2)CC1. The van der Waals surface area contributed by atoms with Gasteiger partial charge in [-0.3, -0.25) is 0 Å². The molecule has 1 aliphatic heterocycles. The van der Waals surface area contributed by atoms with Crippen molar-refractivity contribution in [3.8, 4) is 12.3 Å². The van der Waals surface area contributed by atoms with Gasteiger partial charge in [-0.1, -0.05) is 5.92 Å². The summed E-state index contributed by atoms with van der Waals surface area (Å²) in [5.41, 5.74) is 0.245. The van der Waals surface area contributed by atoms with Crippen LogP contribution in [0.1, 0.15) is 39.0 Å². The number of terminal acetylenes is 1. The molecule has 2 heteroatoms. The van der Waals surface area contributed by atoms with Crippen LogP contribution in [0.4, 0.5) is 0 Å². The highest BCUT2D eigenvalue weighted by molar-refractivity contribution is 5.14. The van der Waals surface area contributed by atoms with E-state index in [1.807, 2.05) is 6.92 Å². The number of hydrogen-bond acceptors (Lipinski definition) is 2. The minimum atomic E-state index is -0.329. The van der Waals surface area contributed by atoms with Crippen molar-refractivity contribution >= 4 is 0 Å². The first-order valence-electron chi connectivity index (χ1n) is 5.44. The first kappa shape index (κ1) is 10.0. The predicted molar refractivity (Wildman–Crippen MR) is 54.7 cm³/mol. The Kier molecular flexibility index (Phi) is 2.55. The maximum Gasteiger partial charge on any atom is 0.165 e. The van der Waals surface area contributed by atoms with E-state index in [0.29, 0.717) is 0 Å². The minimum absolute atomic E-state index is 0.245. The Morgan fingerprint density at radius 3 is 2.36 bits per heavy atom. The van der Waals surface area contributed by atoms with Gasteiger partial charge in [0.05, 0.1) is 13.2 Å². The molecule has 0 unspecified atom stereocenters.